The normalized spacial score (nSPS) is 11.8. The Kier molecular flexibility index (Phi) is 65.0. The van der Waals surface area contributed by atoms with Crippen molar-refractivity contribution in [3.8, 4) is 0 Å². The molecule has 0 rings (SSSR count). The molecular formula is C66H132O4. The Balaban J connectivity index is 0. The Morgan fingerprint density at radius 1 is 0.271 bits per heavy atom. The van der Waals surface area contributed by atoms with Gasteiger partial charge in [-0.25, -0.2) is 0 Å². The van der Waals surface area contributed by atoms with Gasteiger partial charge in [-0.15, -0.1) is 0 Å². The van der Waals surface area contributed by atoms with E-state index in [-0.39, 0.29) is 11.9 Å². The first-order chi connectivity index (χ1) is 34.4. The molecule has 0 saturated carbocycles. The molecule has 0 spiro atoms. The van der Waals surface area contributed by atoms with Crippen LogP contribution in [-0.2, 0) is 19.1 Å². The van der Waals surface area contributed by atoms with Crippen molar-refractivity contribution in [2.45, 2.75) is 388 Å². The van der Waals surface area contributed by atoms with Crippen LogP contribution in [0.3, 0.4) is 0 Å². The van der Waals surface area contributed by atoms with Crippen LogP contribution in [0.5, 0.6) is 0 Å². The summed E-state index contributed by atoms with van der Waals surface area (Å²) < 4.78 is 11.2. The molecular weight excluding hydrogens is 857 g/mol. The summed E-state index contributed by atoms with van der Waals surface area (Å²) in [5, 5.41) is 0. The number of rotatable bonds is 58. The summed E-state index contributed by atoms with van der Waals surface area (Å²) in [6.07, 6.45) is 71.0. The van der Waals surface area contributed by atoms with Crippen LogP contribution >= 0.6 is 0 Å². The fourth-order valence-corrected chi connectivity index (χ4v) is 10.1. The number of hydrogen-bond acceptors (Lipinski definition) is 4. The van der Waals surface area contributed by atoms with Crippen molar-refractivity contribution in [1.82, 2.24) is 0 Å². The lowest BCUT2D eigenvalue weighted by Crippen LogP contribution is -2.14. The summed E-state index contributed by atoms with van der Waals surface area (Å²) >= 11 is 0. The van der Waals surface area contributed by atoms with Crippen molar-refractivity contribution >= 4 is 11.9 Å². The van der Waals surface area contributed by atoms with Gasteiger partial charge in [0.25, 0.3) is 0 Å². The van der Waals surface area contributed by atoms with E-state index in [2.05, 4.69) is 41.5 Å². The highest BCUT2D eigenvalue weighted by molar-refractivity contribution is 5.69. The highest BCUT2D eigenvalue weighted by Gasteiger charge is 2.13. The molecule has 0 N–H and O–H groups in total. The first-order valence-electron chi connectivity index (χ1n) is 32.7. The fraction of sp³-hybridized carbons (Fsp3) is 0.970. The second kappa shape index (κ2) is 64.1. The monoisotopic (exact) mass is 989 g/mol. The van der Waals surface area contributed by atoms with Crippen LogP contribution in [-0.4, -0.2) is 25.2 Å². The Labute approximate surface area is 442 Å². The largest absolute Gasteiger partial charge is 0.466 e. The summed E-state index contributed by atoms with van der Waals surface area (Å²) in [5.41, 5.74) is 0. The molecule has 0 bridgehead atoms. The lowest BCUT2D eigenvalue weighted by Gasteiger charge is -2.17. The van der Waals surface area contributed by atoms with Crippen LogP contribution in [0.15, 0.2) is 0 Å². The minimum atomic E-state index is 0.0239. The summed E-state index contributed by atoms with van der Waals surface area (Å²) in [4.78, 5) is 24.2. The molecule has 420 valence electrons. The van der Waals surface area contributed by atoms with Gasteiger partial charge in [0.2, 0.25) is 0 Å². The van der Waals surface area contributed by atoms with Gasteiger partial charge < -0.3 is 9.47 Å². The number of carbonyl (C=O) groups excluding carboxylic acids is 2. The van der Waals surface area contributed by atoms with Gasteiger partial charge in [-0.05, 0) is 43.9 Å². The molecule has 1 atom stereocenters. The second-order valence-corrected chi connectivity index (χ2v) is 22.9. The summed E-state index contributed by atoms with van der Waals surface area (Å²) in [7, 11) is 0. The molecule has 0 amide bonds. The predicted octanol–water partition coefficient (Wildman–Crippen LogP) is 23.5. The minimum absolute atomic E-state index is 0.0239. The van der Waals surface area contributed by atoms with Gasteiger partial charge >= 0.3 is 11.9 Å². The zero-order chi connectivity index (χ0) is 51.3. The van der Waals surface area contributed by atoms with E-state index in [1.165, 1.54) is 315 Å². The Hall–Kier alpha value is -1.06. The van der Waals surface area contributed by atoms with Gasteiger partial charge in [0.15, 0.2) is 0 Å². The standard InChI is InChI=1S/C34H68O2.C32H64O2/c1-4-7-10-13-16-18-19-20-22-25-28-31-34(35)36-32-33(29-26-23-15-12-9-6-3)30-27-24-21-17-14-11-8-5-2;1-4-5-6-7-8-9-13-17-20-23-26-29-32(33)34-30-27-24-21-18-15-12-10-11-14-16-19-22-25-28-31(2)3/h33H,4-32H2,1-3H3;31H,4-30H2,1-3H3. The van der Waals surface area contributed by atoms with Crippen molar-refractivity contribution in [2.75, 3.05) is 13.2 Å². The first kappa shape index (κ1) is 71.0. The maximum absolute atomic E-state index is 12.3. The van der Waals surface area contributed by atoms with Crippen molar-refractivity contribution in [1.29, 1.82) is 0 Å². The van der Waals surface area contributed by atoms with Gasteiger partial charge in [-0.1, -0.05) is 343 Å². The number of carbonyl (C=O) groups is 2. The topological polar surface area (TPSA) is 52.6 Å². The summed E-state index contributed by atoms with van der Waals surface area (Å²) in [6, 6.07) is 0. The van der Waals surface area contributed by atoms with Crippen molar-refractivity contribution in [2.24, 2.45) is 11.8 Å². The third-order valence-electron chi connectivity index (χ3n) is 15.1. The maximum Gasteiger partial charge on any atom is 0.305 e. The molecule has 0 aliphatic carbocycles. The molecule has 1 unspecified atom stereocenters. The molecule has 0 aromatic rings. The molecule has 70 heavy (non-hydrogen) atoms. The van der Waals surface area contributed by atoms with Crippen molar-refractivity contribution in [3.05, 3.63) is 0 Å². The number of ether oxygens (including phenoxy) is 2. The van der Waals surface area contributed by atoms with Crippen LogP contribution in [0.1, 0.15) is 388 Å². The maximum atomic E-state index is 12.3. The van der Waals surface area contributed by atoms with Gasteiger partial charge in [0, 0.05) is 12.8 Å². The SMILES string of the molecule is CCCCCCCCCCCCCC(=O)OCC(CCCCCCCC)CCCCCCCCCC.CCCCCCCCCCCCCC(=O)OCCCCCCCCCCCCCCCC(C)C. The Morgan fingerprint density at radius 2 is 0.500 bits per heavy atom. The average molecular weight is 990 g/mol. The number of hydrogen-bond donors (Lipinski definition) is 0. The van der Waals surface area contributed by atoms with Gasteiger partial charge in [0.05, 0.1) is 13.2 Å². The Morgan fingerprint density at radius 3 is 0.786 bits per heavy atom. The van der Waals surface area contributed by atoms with E-state index in [0.29, 0.717) is 32.0 Å². The molecule has 0 aliphatic heterocycles. The minimum Gasteiger partial charge on any atom is -0.466 e. The molecule has 0 heterocycles. The van der Waals surface area contributed by atoms with Crippen LogP contribution in [0.2, 0.25) is 0 Å². The summed E-state index contributed by atoms with van der Waals surface area (Å²) in [5.74, 6) is 1.53. The van der Waals surface area contributed by atoms with Crippen LogP contribution < -0.4 is 0 Å². The lowest BCUT2D eigenvalue weighted by atomic mass is 9.94. The molecule has 0 aromatic carbocycles. The predicted molar refractivity (Wildman–Crippen MR) is 312 cm³/mol. The van der Waals surface area contributed by atoms with Gasteiger partial charge in [0.1, 0.15) is 0 Å². The first-order valence-corrected chi connectivity index (χ1v) is 32.7. The summed E-state index contributed by atoms with van der Waals surface area (Å²) in [6.45, 7) is 15.1. The van der Waals surface area contributed by atoms with E-state index < -0.39 is 0 Å². The van der Waals surface area contributed by atoms with E-state index >= 15 is 0 Å². The number of esters is 2. The zero-order valence-electron chi connectivity index (χ0n) is 49.4. The van der Waals surface area contributed by atoms with E-state index in [9.17, 15) is 9.59 Å². The van der Waals surface area contributed by atoms with E-state index in [4.69, 9.17) is 9.47 Å². The lowest BCUT2D eigenvalue weighted by molar-refractivity contribution is -0.145. The second-order valence-electron chi connectivity index (χ2n) is 22.9. The van der Waals surface area contributed by atoms with E-state index in [1.54, 1.807) is 0 Å². The quantitative estimate of drug-likeness (QED) is 0.0450. The van der Waals surface area contributed by atoms with Crippen molar-refractivity contribution in [3.63, 3.8) is 0 Å². The van der Waals surface area contributed by atoms with E-state index in [0.717, 1.165) is 25.2 Å². The highest BCUT2D eigenvalue weighted by Crippen LogP contribution is 2.22. The molecule has 0 aromatic heterocycles. The van der Waals surface area contributed by atoms with Crippen molar-refractivity contribution < 1.29 is 19.1 Å². The smallest absolute Gasteiger partial charge is 0.305 e. The molecule has 0 radical (unpaired) electrons. The van der Waals surface area contributed by atoms with Gasteiger partial charge in [-0.3, -0.25) is 9.59 Å². The highest BCUT2D eigenvalue weighted by atomic mass is 16.5. The molecule has 4 heteroatoms. The van der Waals surface area contributed by atoms with Crippen LogP contribution in [0.25, 0.3) is 0 Å². The van der Waals surface area contributed by atoms with Gasteiger partial charge in [-0.2, -0.15) is 0 Å². The third kappa shape index (κ3) is 65.0. The third-order valence-corrected chi connectivity index (χ3v) is 15.1. The zero-order valence-corrected chi connectivity index (χ0v) is 49.4. The Bertz CT molecular complexity index is 962. The van der Waals surface area contributed by atoms with E-state index in [1.807, 2.05) is 0 Å². The fourth-order valence-electron chi connectivity index (χ4n) is 10.1. The molecule has 0 saturated heterocycles. The molecule has 0 aliphatic rings. The molecule has 0 fully saturated rings. The van der Waals surface area contributed by atoms with Crippen LogP contribution in [0.4, 0.5) is 0 Å². The number of unbranched alkanes of at least 4 members (excludes halogenated alkanes) is 44. The molecule has 4 nitrogen and oxygen atoms in total. The van der Waals surface area contributed by atoms with Crippen LogP contribution in [0, 0.1) is 11.8 Å². The average Bonchev–Trinajstić information content (AvgIpc) is 3.35.